The highest BCUT2D eigenvalue weighted by atomic mass is 16.2. The van der Waals surface area contributed by atoms with Crippen LogP contribution in [-0.4, -0.2) is 42.1 Å². The Morgan fingerprint density at radius 1 is 1.16 bits per heavy atom. The summed E-state index contributed by atoms with van der Waals surface area (Å²) in [5.74, 6) is 1.36. The van der Waals surface area contributed by atoms with Crippen LogP contribution in [0.15, 0.2) is 49.1 Å². The van der Waals surface area contributed by atoms with Gasteiger partial charge in [0.15, 0.2) is 11.6 Å². The van der Waals surface area contributed by atoms with Gasteiger partial charge in [0.25, 0.3) is 5.91 Å². The zero-order chi connectivity index (χ0) is 17.2. The second-order valence-electron chi connectivity index (χ2n) is 6.12. The summed E-state index contributed by atoms with van der Waals surface area (Å²) in [5.41, 5.74) is 1.42. The van der Waals surface area contributed by atoms with Gasteiger partial charge in [0, 0.05) is 31.5 Å². The smallest absolute Gasteiger partial charge is 0.257 e. The van der Waals surface area contributed by atoms with E-state index < -0.39 is 0 Å². The van der Waals surface area contributed by atoms with Gasteiger partial charge in [-0.05, 0) is 12.8 Å². The van der Waals surface area contributed by atoms with Gasteiger partial charge < -0.3 is 9.47 Å². The Kier molecular flexibility index (Phi) is 3.97. The first-order chi connectivity index (χ1) is 12.2. The van der Waals surface area contributed by atoms with E-state index in [-0.39, 0.29) is 11.9 Å². The topological polar surface area (TPSA) is 76.8 Å². The molecule has 7 heteroatoms. The van der Waals surface area contributed by atoms with Gasteiger partial charge in [-0.3, -0.25) is 4.79 Å². The lowest BCUT2D eigenvalue weighted by molar-refractivity contribution is 0.0727. The minimum atomic E-state index is -0.0647. The van der Waals surface area contributed by atoms with Crippen LogP contribution >= 0.6 is 0 Å². The van der Waals surface area contributed by atoms with Crippen LogP contribution in [-0.2, 0) is 7.05 Å². The van der Waals surface area contributed by atoms with Crippen LogP contribution in [0.4, 0.5) is 0 Å². The highest BCUT2D eigenvalue weighted by molar-refractivity contribution is 5.94. The Morgan fingerprint density at radius 2 is 1.92 bits per heavy atom. The molecule has 0 bridgehead atoms. The largest absolute Gasteiger partial charge is 0.328 e. The summed E-state index contributed by atoms with van der Waals surface area (Å²) in [5, 5.41) is 8.09. The number of hydrogen-bond acceptors (Lipinski definition) is 5. The number of nitrogens with zero attached hydrogens (tertiary/aromatic N) is 6. The zero-order valence-electron chi connectivity index (χ0n) is 13.9. The summed E-state index contributed by atoms with van der Waals surface area (Å²) < 4.78 is 1.87. The molecule has 3 aromatic rings. The Bertz CT molecular complexity index is 874. The van der Waals surface area contributed by atoms with Crippen LogP contribution < -0.4 is 0 Å². The van der Waals surface area contributed by atoms with E-state index >= 15 is 0 Å². The normalized spacial score (nSPS) is 17.0. The first-order valence-electron chi connectivity index (χ1n) is 8.26. The fourth-order valence-corrected chi connectivity index (χ4v) is 3.21. The van der Waals surface area contributed by atoms with E-state index in [1.807, 2.05) is 46.8 Å². The number of likely N-dealkylation sites (tertiary alicyclic amines) is 1. The molecule has 0 aliphatic carbocycles. The van der Waals surface area contributed by atoms with E-state index in [2.05, 4.69) is 20.2 Å². The van der Waals surface area contributed by atoms with Crippen molar-refractivity contribution in [3.63, 3.8) is 0 Å². The molecule has 1 saturated heterocycles. The van der Waals surface area contributed by atoms with Gasteiger partial charge >= 0.3 is 0 Å². The summed E-state index contributed by atoms with van der Waals surface area (Å²) in [6, 6.07) is 9.67. The summed E-state index contributed by atoms with van der Waals surface area (Å²) >= 11 is 0. The van der Waals surface area contributed by atoms with Crippen molar-refractivity contribution in [2.24, 2.45) is 7.05 Å². The van der Waals surface area contributed by atoms with Gasteiger partial charge in [-0.15, -0.1) is 10.2 Å². The SMILES string of the molecule is Cn1cnnc1C1CCCN1C(=O)c1cnc(-c2ccccc2)nc1. The number of carbonyl (C=O) groups excluding carboxylic acids is 1. The molecular weight excluding hydrogens is 316 g/mol. The summed E-state index contributed by atoms with van der Waals surface area (Å²) in [6.45, 7) is 0.705. The summed E-state index contributed by atoms with van der Waals surface area (Å²) in [7, 11) is 1.90. The van der Waals surface area contributed by atoms with Crippen molar-refractivity contribution >= 4 is 5.91 Å². The molecule has 1 aliphatic heterocycles. The molecule has 0 N–H and O–H groups in total. The summed E-state index contributed by atoms with van der Waals surface area (Å²) in [4.78, 5) is 23.4. The lowest BCUT2D eigenvalue weighted by Gasteiger charge is -2.23. The molecule has 1 atom stereocenters. The van der Waals surface area contributed by atoms with Crippen molar-refractivity contribution in [3.05, 3.63) is 60.4 Å². The van der Waals surface area contributed by atoms with Crippen molar-refractivity contribution in [2.45, 2.75) is 18.9 Å². The molecule has 1 fully saturated rings. The van der Waals surface area contributed by atoms with Crippen LogP contribution in [0.2, 0.25) is 0 Å². The highest BCUT2D eigenvalue weighted by Crippen LogP contribution is 2.31. The fourth-order valence-electron chi connectivity index (χ4n) is 3.21. The van der Waals surface area contributed by atoms with Crippen LogP contribution in [0.3, 0.4) is 0 Å². The molecule has 1 unspecified atom stereocenters. The molecule has 25 heavy (non-hydrogen) atoms. The van der Waals surface area contributed by atoms with Crippen LogP contribution in [0.1, 0.15) is 35.1 Å². The Labute approximate surface area is 145 Å². The van der Waals surface area contributed by atoms with Gasteiger partial charge in [-0.25, -0.2) is 9.97 Å². The van der Waals surface area contributed by atoms with Gasteiger partial charge in [-0.1, -0.05) is 30.3 Å². The second-order valence-corrected chi connectivity index (χ2v) is 6.12. The van der Waals surface area contributed by atoms with Crippen LogP contribution in [0.5, 0.6) is 0 Å². The molecule has 1 amide bonds. The Hall–Kier alpha value is -3.09. The maximum Gasteiger partial charge on any atom is 0.257 e. The number of amides is 1. The van der Waals surface area contributed by atoms with Crippen molar-refractivity contribution < 1.29 is 4.79 Å². The molecule has 1 aromatic carbocycles. The Balaban J connectivity index is 1.57. The molecule has 4 rings (SSSR count). The summed E-state index contributed by atoms with van der Waals surface area (Å²) in [6.07, 6.45) is 6.70. The van der Waals surface area contributed by atoms with E-state index in [1.165, 1.54) is 0 Å². The minimum absolute atomic E-state index is 0.0474. The average molecular weight is 334 g/mol. The maximum atomic E-state index is 12.9. The lowest BCUT2D eigenvalue weighted by Crippen LogP contribution is -2.32. The number of carbonyl (C=O) groups is 1. The number of aromatic nitrogens is 5. The van der Waals surface area contributed by atoms with Crippen LogP contribution in [0, 0.1) is 0 Å². The van der Waals surface area contributed by atoms with Crippen molar-refractivity contribution in [2.75, 3.05) is 6.54 Å². The quantitative estimate of drug-likeness (QED) is 0.734. The number of rotatable bonds is 3. The molecule has 7 nitrogen and oxygen atoms in total. The fraction of sp³-hybridized carbons (Fsp3) is 0.278. The monoisotopic (exact) mass is 334 g/mol. The van der Waals surface area contributed by atoms with Gasteiger partial charge in [-0.2, -0.15) is 0 Å². The molecule has 0 saturated carbocycles. The molecular formula is C18H18N6O. The van der Waals surface area contributed by atoms with E-state index in [0.29, 0.717) is 17.9 Å². The standard InChI is InChI=1S/C18H18N6O/c1-23-12-21-22-17(23)15-8-5-9-24(15)18(25)14-10-19-16(20-11-14)13-6-3-2-4-7-13/h2-4,6-7,10-12,15H,5,8-9H2,1H3. The first-order valence-corrected chi connectivity index (χ1v) is 8.26. The van der Waals surface area contributed by atoms with Gasteiger partial charge in [0.1, 0.15) is 6.33 Å². The van der Waals surface area contributed by atoms with Crippen molar-refractivity contribution in [3.8, 4) is 11.4 Å². The highest BCUT2D eigenvalue weighted by Gasteiger charge is 2.33. The zero-order valence-corrected chi connectivity index (χ0v) is 13.9. The van der Waals surface area contributed by atoms with Crippen molar-refractivity contribution in [1.29, 1.82) is 0 Å². The third-order valence-electron chi connectivity index (χ3n) is 4.49. The van der Waals surface area contributed by atoms with E-state index in [9.17, 15) is 4.79 Å². The molecule has 0 spiro atoms. The van der Waals surface area contributed by atoms with Gasteiger partial charge in [0.2, 0.25) is 0 Å². The molecule has 1 aliphatic rings. The van der Waals surface area contributed by atoms with Crippen molar-refractivity contribution in [1.82, 2.24) is 29.6 Å². The minimum Gasteiger partial charge on any atom is -0.328 e. The second kappa shape index (κ2) is 6.43. The molecule has 0 radical (unpaired) electrons. The van der Waals surface area contributed by atoms with E-state index in [0.717, 1.165) is 24.2 Å². The lowest BCUT2D eigenvalue weighted by atomic mass is 10.2. The third kappa shape index (κ3) is 2.88. The predicted molar refractivity (Wildman–Crippen MR) is 91.5 cm³/mol. The maximum absolute atomic E-state index is 12.9. The molecule has 3 heterocycles. The predicted octanol–water partition coefficient (Wildman–Crippen LogP) is 2.25. The Morgan fingerprint density at radius 3 is 2.60 bits per heavy atom. The number of aryl methyl sites for hydroxylation is 1. The van der Waals surface area contributed by atoms with Crippen LogP contribution in [0.25, 0.3) is 11.4 Å². The first kappa shape index (κ1) is 15.4. The number of hydrogen-bond donors (Lipinski definition) is 0. The molecule has 126 valence electrons. The van der Waals surface area contributed by atoms with Gasteiger partial charge in [0.05, 0.1) is 11.6 Å². The average Bonchev–Trinajstić information content (AvgIpc) is 3.30. The number of benzene rings is 1. The third-order valence-corrected chi connectivity index (χ3v) is 4.49. The molecule has 2 aromatic heterocycles. The van der Waals surface area contributed by atoms with E-state index in [4.69, 9.17) is 0 Å². The van der Waals surface area contributed by atoms with E-state index in [1.54, 1.807) is 18.7 Å².